The zero-order chi connectivity index (χ0) is 14.7. The van der Waals surface area contributed by atoms with Crippen LogP contribution in [0.25, 0.3) is 10.9 Å². The Morgan fingerprint density at radius 3 is 2.86 bits per heavy atom. The lowest BCUT2D eigenvalue weighted by atomic mass is 10.2. The standard InChI is InChI=1S/C15H16F2N2S2/c16-13-4-2-10-1-3-11(19-15(10)14(13)17)7-18-8-12-9-20-5-6-21-12/h1-4,12,18H,5-9H2. The van der Waals surface area contributed by atoms with Crippen LogP contribution in [0.1, 0.15) is 5.69 Å². The van der Waals surface area contributed by atoms with E-state index in [2.05, 4.69) is 10.3 Å². The van der Waals surface area contributed by atoms with Gasteiger partial charge in [-0.1, -0.05) is 6.07 Å². The largest absolute Gasteiger partial charge is 0.310 e. The number of hydrogen-bond acceptors (Lipinski definition) is 4. The Labute approximate surface area is 131 Å². The first-order valence-corrected chi connectivity index (χ1v) is 9.08. The predicted octanol–water partition coefficient (Wildman–Crippen LogP) is 3.45. The number of rotatable bonds is 4. The molecule has 2 aromatic rings. The van der Waals surface area contributed by atoms with Crippen molar-refractivity contribution in [3.05, 3.63) is 41.6 Å². The summed E-state index contributed by atoms with van der Waals surface area (Å²) in [6.45, 7) is 1.50. The van der Waals surface area contributed by atoms with E-state index in [0.29, 0.717) is 17.2 Å². The Hall–Kier alpha value is -0.850. The van der Waals surface area contributed by atoms with E-state index < -0.39 is 11.6 Å². The minimum Gasteiger partial charge on any atom is -0.310 e. The summed E-state index contributed by atoms with van der Waals surface area (Å²) in [4.78, 5) is 4.23. The molecule has 1 aliphatic rings. The molecule has 3 rings (SSSR count). The molecule has 1 saturated heterocycles. The van der Waals surface area contributed by atoms with Gasteiger partial charge < -0.3 is 5.32 Å². The van der Waals surface area contributed by atoms with Gasteiger partial charge in [-0.15, -0.1) is 0 Å². The number of halogens is 2. The van der Waals surface area contributed by atoms with Crippen LogP contribution in [0.2, 0.25) is 0 Å². The monoisotopic (exact) mass is 326 g/mol. The second-order valence-electron chi connectivity index (χ2n) is 4.93. The fraction of sp³-hybridized carbons (Fsp3) is 0.400. The van der Waals surface area contributed by atoms with Gasteiger partial charge in [-0.3, -0.25) is 0 Å². The topological polar surface area (TPSA) is 24.9 Å². The van der Waals surface area contributed by atoms with Crippen LogP contribution in [0.4, 0.5) is 8.78 Å². The van der Waals surface area contributed by atoms with Gasteiger partial charge in [-0.05, 0) is 18.2 Å². The summed E-state index contributed by atoms with van der Waals surface area (Å²) >= 11 is 3.98. The molecule has 1 atom stereocenters. The summed E-state index contributed by atoms with van der Waals surface area (Å²) in [6, 6.07) is 6.33. The number of fused-ring (bicyclic) bond motifs is 1. The average molecular weight is 326 g/mol. The molecule has 0 amide bonds. The van der Waals surface area contributed by atoms with E-state index >= 15 is 0 Å². The number of aromatic nitrogens is 1. The average Bonchev–Trinajstić information content (AvgIpc) is 2.52. The van der Waals surface area contributed by atoms with Gasteiger partial charge >= 0.3 is 0 Å². The summed E-state index contributed by atoms with van der Waals surface area (Å²) in [5.41, 5.74) is 0.845. The van der Waals surface area contributed by atoms with Gasteiger partial charge in [0.1, 0.15) is 5.52 Å². The van der Waals surface area contributed by atoms with E-state index in [9.17, 15) is 8.78 Å². The molecule has 2 heterocycles. The molecule has 1 aromatic heterocycles. The van der Waals surface area contributed by atoms with Crippen molar-refractivity contribution in [1.29, 1.82) is 0 Å². The molecule has 1 unspecified atom stereocenters. The summed E-state index contributed by atoms with van der Waals surface area (Å²) in [5.74, 6) is 1.89. The highest BCUT2D eigenvalue weighted by molar-refractivity contribution is 8.06. The molecule has 21 heavy (non-hydrogen) atoms. The maximum absolute atomic E-state index is 13.7. The number of hydrogen-bond donors (Lipinski definition) is 1. The SMILES string of the molecule is Fc1ccc2ccc(CNCC3CSCCS3)nc2c1F. The Balaban J connectivity index is 1.65. The van der Waals surface area contributed by atoms with Crippen molar-refractivity contribution in [3.8, 4) is 0 Å². The summed E-state index contributed by atoms with van der Waals surface area (Å²) in [7, 11) is 0. The molecule has 0 saturated carbocycles. The molecule has 1 N–H and O–H groups in total. The van der Waals surface area contributed by atoms with Crippen LogP contribution < -0.4 is 5.32 Å². The summed E-state index contributed by atoms with van der Waals surface area (Å²) in [5, 5.41) is 4.60. The van der Waals surface area contributed by atoms with Crippen molar-refractivity contribution in [1.82, 2.24) is 10.3 Å². The van der Waals surface area contributed by atoms with Crippen LogP contribution in [0.15, 0.2) is 24.3 Å². The maximum atomic E-state index is 13.7. The van der Waals surface area contributed by atoms with Crippen molar-refractivity contribution in [3.63, 3.8) is 0 Å². The molecule has 6 heteroatoms. The third kappa shape index (κ3) is 3.67. The van der Waals surface area contributed by atoms with E-state index in [1.807, 2.05) is 29.6 Å². The van der Waals surface area contributed by atoms with Gasteiger partial charge in [0.25, 0.3) is 0 Å². The summed E-state index contributed by atoms with van der Waals surface area (Å²) < 4.78 is 27.0. The molecule has 2 nitrogen and oxygen atoms in total. The van der Waals surface area contributed by atoms with Gasteiger partial charge in [-0.25, -0.2) is 13.8 Å². The number of thioether (sulfide) groups is 2. The van der Waals surface area contributed by atoms with Crippen molar-refractivity contribution in [2.75, 3.05) is 23.8 Å². The molecular formula is C15H16F2N2S2. The lowest BCUT2D eigenvalue weighted by molar-refractivity contribution is 0.515. The molecule has 1 aliphatic heterocycles. The maximum Gasteiger partial charge on any atom is 0.184 e. The van der Waals surface area contributed by atoms with Crippen LogP contribution in [0.5, 0.6) is 0 Å². The van der Waals surface area contributed by atoms with Crippen molar-refractivity contribution in [2.45, 2.75) is 11.8 Å². The second kappa shape index (κ2) is 6.94. The minimum absolute atomic E-state index is 0.108. The highest BCUT2D eigenvalue weighted by Crippen LogP contribution is 2.23. The number of nitrogens with zero attached hydrogens (tertiary/aromatic N) is 1. The quantitative estimate of drug-likeness (QED) is 0.930. The Morgan fingerprint density at radius 1 is 1.19 bits per heavy atom. The van der Waals surface area contributed by atoms with Gasteiger partial charge in [0.05, 0.1) is 5.69 Å². The lowest BCUT2D eigenvalue weighted by Gasteiger charge is -2.21. The summed E-state index contributed by atoms with van der Waals surface area (Å²) in [6.07, 6.45) is 0. The van der Waals surface area contributed by atoms with Crippen molar-refractivity contribution < 1.29 is 8.78 Å². The predicted molar refractivity (Wildman–Crippen MR) is 86.9 cm³/mol. The van der Waals surface area contributed by atoms with Gasteiger partial charge in [0.2, 0.25) is 0 Å². The Kier molecular flexibility index (Phi) is 4.98. The van der Waals surface area contributed by atoms with Crippen LogP contribution >= 0.6 is 23.5 Å². The second-order valence-corrected chi connectivity index (χ2v) is 7.49. The first-order chi connectivity index (χ1) is 10.2. The van der Waals surface area contributed by atoms with Gasteiger partial charge in [0.15, 0.2) is 11.6 Å². The molecular weight excluding hydrogens is 310 g/mol. The third-order valence-corrected chi connectivity index (χ3v) is 6.22. The molecule has 112 valence electrons. The van der Waals surface area contributed by atoms with Gasteiger partial charge in [-0.2, -0.15) is 23.5 Å². The molecule has 0 bridgehead atoms. The van der Waals surface area contributed by atoms with Gasteiger partial charge in [0, 0.05) is 41.0 Å². The Bertz CT molecular complexity index is 630. The lowest BCUT2D eigenvalue weighted by Crippen LogP contribution is -2.28. The molecule has 0 radical (unpaired) electrons. The fourth-order valence-electron chi connectivity index (χ4n) is 2.28. The van der Waals surface area contributed by atoms with E-state index in [4.69, 9.17) is 0 Å². The molecule has 0 spiro atoms. The number of nitrogens with one attached hydrogen (secondary N) is 1. The minimum atomic E-state index is -0.867. The fourth-order valence-corrected chi connectivity index (χ4v) is 4.93. The van der Waals surface area contributed by atoms with Crippen LogP contribution in [-0.4, -0.2) is 34.0 Å². The smallest absolute Gasteiger partial charge is 0.184 e. The van der Waals surface area contributed by atoms with E-state index in [0.717, 1.165) is 18.3 Å². The third-order valence-electron chi connectivity index (χ3n) is 3.37. The normalized spacial score (nSPS) is 19.0. The number of pyridine rings is 1. The first kappa shape index (κ1) is 15.1. The number of benzene rings is 1. The zero-order valence-electron chi connectivity index (χ0n) is 11.4. The van der Waals surface area contributed by atoms with Crippen LogP contribution in [0.3, 0.4) is 0 Å². The van der Waals surface area contributed by atoms with Crippen molar-refractivity contribution in [2.24, 2.45) is 0 Å². The molecule has 1 aromatic carbocycles. The zero-order valence-corrected chi connectivity index (χ0v) is 13.1. The highest BCUT2D eigenvalue weighted by Gasteiger charge is 2.14. The van der Waals surface area contributed by atoms with Crippen LogP contribution in [-0.2, 0) is 6.54 Å². The van der Waals surface area contributed by atoms with E-state index in [-0.39, 0.29) is 5.52 Å². The highest BCUT2D eigenvalue weighted by atomic mass is 32.2. The molecule has 1 fully saturated rings. The van der Waals surface area contributed by atoms with E-state index in [1.54, 1.807) is 12.1 Å². The Morgan fingerprint density at radius 2 is 2.05 bits per heavy atom. The molecule has 0 aliphatic carbocycles. The van der Waals surface area contributed by atoms with Crippen LogP contribution in [0, 0.1) is 11.6 Å². The van der Waals surface area contributed by atoms with Crippen molar-refractivity contribution >= 4 is 34.4 Å². The van der Waals surface area contributed by atoms with E-state index in [1.165, 1.54) is 17.3 Å². The first-order valence-electron chi connectivity index (χ1n) is 6.88.